The number of aryl methyl sites for hydroxylation is 1. The third kappa shape index (κ3) is 7.56. The maximum absolute atomic E-state index is 11.8. The molecule has 6 nitrogen and oxygen atoms in total. The summed E-state index contributed by atoms with van der Waals surface area (Å²) in [6.45, 7) is 8.84. The van der Waals surface area contributed by atoms with Gasteiger partial charge in [0.05, 0.1) is 6.61 Å². The van der Waals surface area contributed by atoms with E-state index in [4.69, 9.17) is 4.74 Å². The smallest absolute Gasteiger partial charge is 0.409 e. The summed E-state index contributed by atoms with van der Waals surface area (Å²) in [7, 11) is 1.79. The van der Waals surface area contributed by atoms with Crippen LogP contribution in [0.1, 0.15) is 43.7 Å². The van der Waals surface area contributed by atoms with Crippen molar-refractivity contribution in [1.82, 2.24) is 15.5 Å². The molecule has 7 heteroatoms. The molecule has 152 valence electrons. The van der Waals surface area contributed by atoms with E-state index in [0.717, 1.165) is 25.3 Å². The lowest BCUT2D eigenvalue weighted by atomic mass is 9.99. The molecule has 0 aromatic heterocycles. The van der Waals surface area contributed by atoms with Gasteiger partial charge in [-0.1, -0.05) is 36.8 Å². The molecule has 1 aromatic carbocycles. The molecule has 0 saturated carbocycles. The van der Waals surface area contributed by atoms with Gasteiger partial charge in [-0.2, -0.15) is 0 Å². The first-order valence-corrected chi connectivity index (χ1v) is 9.49. The Morgan fingerprint density at radius 2 is 2.07 bits per heavy atom. The van der Waals surface area contributed by atoms with Gasteiger partial charge in [-0.3, -0.25) is 4.99 Å². The van der Waals surface area contributed by atoms with E-state index in [-0.39, 0.29) is 30.1 Å². The summed E-state index contributed by atoms with van der Waals surface area (Å²) < 4.78 is 5.06. The maximum atomic E-state index is 11.8. The summed E-state index contributed by atoms with van der Waals surface area (Å²) in [5.74, 6) is 1.22. The van der Waals surface area contributed by atoms with Crippen LogP contribution in [0.5, 0.6) is 0 Å². The number of benzene rings is 1. The molecule has 1 aliphatic heterocycles. The minimum Gasteiger partial charge on any atom is -0.450 e. The number of halogens is 1. The molecule has 1 heterocycles. The van der Waals surface area contributed by atoms with Crippen molar-refractivity contribution in [1.29, 1.82) is 0 Å². The van der Waals surface area contributed by atoms with E-state index in [0.29, 0.717) is 31.7 Å². The Labute approximate surface area is 180 Å². The van der Waals surface area contributed by atoms with Gasteiger partial charge in [0, 0.05) is 32.7 Å². The number of amides is 1. The van der Waals surface area contributed by atoms with E-state index < -0.39 is 0 Å². The summed E-state index contributed by atoms with van der Waals surface area (Å²) in [5.41, 5.74) is 2.61. The number of rotatable bonds is 5. The standard InChI is InChI=1S/C20H32N4O2.HI/c1-5-26-20(25)24-11-9-18(10-12-24)23-19(21-4)22-14-16(3)17-8-6-7-15(2)13-17;/h6-8,13,16,18H,5,9-12,14H2,1-4H3,(H2,21,22,23);1H. The Hall–Kier alpha value is -1.51. The average Bonchev–Trinajstić information content (AvgIpc) is 2.65. The Kier molecular flexibility index (Phi) is 10.5. The van der Waals surface area contributed by atoms with Crippen LogP contribution in [0.25, 0.3) is 0 Å². The van der Waals surface area contributed by atoms with Crippen molar-refractivity contribution in [3.8, 4) is 0 Å². The number of hydrogen-bond acceptors (Lipinski definition) is 3. The lowest BCUT2D eigenvalue weighted by molar-refractivity contribution is 0.0963. The van der Waals surface area contributed by atoms with Crippen molar-refractivity contribution in [2.24, 2.45) is 4.99 Å². The van der Waals surface area contributed by atoms with Crippen LogP contribution in [0, 0.1) is 6.92 Å². The zero-order chi connectivity index (χ0) is 18.9. The third-order valence-corrected chi connectivity index (χ3v) is 4.77. The van der Waals surface area contributed by atoms with Crippen molar-refractivity contribution >= 4 is 36.0 Å². The summed E-state index contributed by atoms with van der Waals surface area (Å²) in [6.07, 6.45) is 1.58. The molecule has 27 heavy (non-hydrogen) atoms. The molecule has 0 spiro atoms. The molecule has 1 unspecified atom stereocenters. The van der Waals surface area contributed by atoms with Crippen LogP contribution < -0.4 is 10.6 Å². The molecule has 0 aliphatic carbocycles. The summed E-state index contributed by atoms with van der Waals surface area (Å²) in [6, 6.07) is 8.94. The van der Waals surface area contributed by atoms with Gasteiger partial charge < -0.3 is 20.3 Å². The number of aliphatic imine (C=N–C) groups is 1. The minimum absolute atomic E-state index is 0. The molecule has 1 saturated heterocycles. The fourth-order valence-electron chi connectivity index (χ4n) is 3.15. The van der Waals surface area contributed by atoms with E-state index in [1.54, 1.807) is 11.9 Å². The molecule has 1 atom stereocenters. The second kappa shape index (κ2) is 12.0. The van der Waals surface area contributed by atoms with Crippen LogP contribution in [-0.4, -0.2) is 56.3 Å². The monoisotopic (exact) mass is 488 g/mol. The first-order valence-electron chi connectivity index (χ1n) is 9.49. The molecular weight excluding hydrogens is 455 g/mol. The van der Waals surface area contributed by atoms with Crippen LogP contribution in [0.2, 0.25) is 0 Å². The first-order chi connectivity index (χ1) is 12.5. The molecular formula is C20H33IN4O2. The van der Waals surface area contributed by atoms with Gasteiger partial charge in [-0.15, -0.1) is 24.0 Å². The zero-order valence-electron chi connectivity index (χ0n) is 16.8. The Bertz CT molecular complexity index is 616. The van der Waals surface area contributed by atoms with Gasteiger partial charge >= 0.3 is 6.09 Å². The topological polar surface area (TPSA) is 66.0 Å². The SMILES string of the molecule is CCOC(=O)N1CCC(NC(=NC)NCC(C)c2cccc(C)c2)CC1.I. The number of guanidine groups is 1. The number of hydrogen-bond donors (Lipinski definition) is 2. The van der Waals surface area contributed by atoms with Gasteiger partial charge in [0.15, 0.2) is 5.96 Å². The molecule has 1 aromatic rings. The first kappa shape index (κ1) is 23.5. The second-order valence-electron chi connectivity index (χ2n) is 6.87. The number of carbonyl (C=O) groups is 1. The summed E-state index contributed by atoms with van der Waals surface area (Å²) in [5, 5.41) is 6.90. The normalized spacial score (nSPS) is 16.3. The highest BCUT2D eigenvalue weighted by Crippen LogP contribution is 2.15. The fourth-order valence-corrected chi connectivity index (χ4v) is 3.15. The van der Waals surface area contributed by atoms with E-state index in [1.807, 2.05) is 6.92 Å². The maximum Gasteiger partial charge on any atom is 0.409 e. The van der Waals surface area contributed by atoms with Crippen LogP contribution in [0.4, 0.5) is 4.79 Å². The Morgan fingerprint density at radius 1 is 1.37 bits per heavy atom. The fraction of sp³-hybridized carbons (Fsp3) is 0.600. The zero-order valence-corrected chi connectivity index (χ0v) is 19.2. The van der Waals surface area contributed by atoms with Crippen LogP contribution in [0.3, 0.4) is 0 Å². The lowest BCUT2D eigenvalue weighted by Gasteiger charge is -2.32. The number of piperidine rings is 1. The van der Waals surface area contributed by atoms with Crippen molar-refractivity contribution < 1.29 is 9.53 Å². The van der Waals surface area contributed by atoms with Crippen LogP contribution >= 0.6 is 24.0 Å². The highest BCUT2D eigenvalue weighted by atomic mass is 127. The third-order valence-electron chi connectivity index (χ3n) is 4.77. The van der Waals surface area contributed by atoms with Gasteiger partial charge in [0.1, 0.15) is 0 Å². The molecule has 1 aliphatic rings. The number of carbonyl (C=O) groups excluding carboxylic acids is 1. The largest absolute Gasteiger partial charge is 0.450 e. The van der Waals surface area contributed by atoms with E-state index in [9.17, 15) is 4.79 Å². The van der Waals surface area contributed by atoms with E-state index >= 15 is 0 Å². The summed E-state index contributed by atoms with van der Waals surface area (Å²) >= 11 is 0. The highest BCUT2D eigenvalue weighted by Gasteiger charge is 2.24. The van der Waals surface area contributed by atoms with Crippen LogP contribution in [0.15, 0.2) is 29.3 Å². The predicted octanol–water partition coefficient (Wildman–Crippen LogP) is 3.50. The molecule has 2 rings (SSSR count). The molecule has 2 N–H and O–H groups in total. The van der Waals surface area contributed by atoms with Gasteiger partial charge in [-0.25, -0.2) is 4.79 Å². The van der Waals surface area contributed by atoms with Gasteiger partial charge in [0.2, 0.25) is 0 Å². The van der Waals surface area contributed by atoms with Crippen LogP contribution in [-0.2, 0) is 4.74 Å². The predicted molar refractivity (Wildman–Crippen MR) is 121 cm³/mol. The Balaban J connectivity index is 0.00000364. The average molecular weight is 488 g/mol. The Morgan fingerprint density at radius 3 is 2.67 bits per heavy atom. The molecule has 0 bridgehead atoms. The van der Waals surface area contributed by atoms with Gasteiger partial charge in [0.25, 0.3) is 0 Å². The second-order valence-corrected chi connectivity index (χ2v) is 6.87. The van der Waals surface area contributed by atoms with Crippen molar-refractivity contribution in [2.45, 2.75) is 45.6 Å². The minimum atomic E-state index is -0.208. The number of likely N-dealkylation sites (tertiary alicyclic amines) is 1. The molecule has 0 radical (unpaired) electrons. The van der Waals surface area contributed by atoms with Crippen molar-refractivity contribution in [3.63, 3.8) is 0 Å². The lowest BCUT2D eigenvalue weighted by Crippen LogP contribution is -2.50. The molecule has 1 fully saturated rings. The summed E-state index contributed by atoms with van der Waals surface area (Å²) in [4.78, 5) is 17.9. The van der Waals surface area contributed by atoms with E-state index in [2.05, 4.69) is 53.7 Å². The number of nitrogens with one attached hydrogen (secondary N) is 2. The van der Waals surface area contributed by atoms with E-state index in [1.165, 1.54) is 11.1 Å². The highest BCUT2D eigenvalue weighted by molar-refractivity contribution is 14.0. The number of nitrogens with zero attached hydrogens (tertiary/aromatic N) is 2. The number of ether oxygens (including phenoxy) is 1. The molecule has 1 amide bonds. The quantitative estimate of drug-likeness (QED) is 0.379. The van der Waals surface area contributed by atoms with Gasteiger partial charge in [-0.05, 0) is 38.2 Å². The van der Waals surface area contributed by atoms with Crippen molar-refractivity contribution in [3.05, 3.63) is 35.4 Å². The van der Waals surface area contributed by atoms with Crippen molar-refractivity contribution in [2.75, 3.05) is 33.3 Å².